The van der Waals surface area contributed by atoms with Crippen molar-refractivity contribution < 1.29 is 9.53 Å². The Kier molecular flexibility index (Phi) is 6.20. The summed E-state index contributed by atoms with van der Waals surface area (Å²) in [7, 11) is 0. The maximum Gasteiger partial charge on any atom is 0.408 e. The van der Waals surface area contributed by atoms with E-state index in [9.17, 15) is 4.79 Å². The lowest BCUT2D eigenvalue weighted by atomic mass is 10.0. The van der Waals surface area contributed by atoms with E-state index >= 15 is 0 Å². The van der Waals surface area contributed by atoms with Gasteiger partial charge in [0.1, 0.15) is 6.61 Å². The molecule has 3 rings (SSSR count). The van der Waals surface area contributed by atoms with Gasteiger partial charge in [-0.05, 0) is 23.6 Å². The molecule has 0 fully saturated rings. The van der Waals surface area contributed by atoms with E-state index in [1.807, 2.05) is 53.1 Å². The topological polar surface area (TPSA) is 69.0 Å². The van der Waals surface area contributed by atoms with E-state index in [0.717, 1.165) is 17.0 Å². The molecule has 6 heteroatoms. The van der Waals surface area contributed by atoms with Crippen LogP contribution in [-0.2, 0) is 17.9 Å². The standard InChI is InChI=1S/C21H24N4O2/c1-16(2)20(24-21(26)27-14-17-8-4-3-5-9-17)19-12-22-15-25(19)13-18-10-6-7-11-23-18/h3-12,15-16,20H,13-14H2,1-2H3,(H,24,26)/t20-/m0/s1. The summed E-state index contributed by atoms with van der Waals surface area (Å²) in [6, 6.07) is 15.2. The maximum atomic E-state index is 12.3. The minimum atomic E-state index is -0.442. The molecule has 0 aliphatic carbocycles. The van der Waals surface area contributed by atoms with Crippen molar-refractivity contribution in [2.75, 3.05) is 0 Å². The van der Waals surface area contributed by atoms with E-state index in [0.29, 0.717) is 6.54 Å². The number of rotatable bonds is 7. The van der Waals surface area contributed by atoms with Crippen molar-refractivity contribution in [3.05, 3.63) is 84.2 Å². The molecule has 3 aromatic rings. The van der Waals surface area contributed by atoms with Crippen LogP contribution in [0.5, 0.6) is 0 Å². The number of carbonyl (C=O) groups is 1. The third kappa shape index (κ3) is 5.17. The van der Waals surface area contributed by atoms with Crippen LogP contribution >= 0.6 is 0 Å². The summed E-state index contributed by atoms with van der Waals surface area (Å²) in [6.45, 7) is 4.95. The van der Waals surface area contributed by atoms with Crippen molar-refractivity contribution in [2.24, 2.45) is 5.92 Å². The van der Waals surface area contributed by atoms with Gasteiger partial charge in [0.15, 0.2) is 0 Å². The fourth-order valence-corrected chi connectivity index (χ4v) is 2.86. The Morgan fingerprint density at radius 1 is 1.15 bits per heavy atom. The molecule has 0 radical (unpaired) electrons. The summed E-state index contributed by atoms with van der Waals surface area (Å²) >= 11 is 0. The number of benzene rings is 1. The first kappa shape index (κ1) is 18.6. The molecule has 0 saturated carbocycles. The quantitative estimate of drug-likeness (QED) is 0.689. The molecule has 1 N–H and O–H groups in total. The van der Waals surface area contributed by atoms with Gasteiger partial charge in [0, 0.05) is 6.20 Å². The molecule has 0 spiro atoms. The van der Waals surface area contributed by atoms with Crippen LogP contribution in [0.15, 0.2) is 67.3 Å². The van der Waals surface area contributed by atoms with Crippen molar-refractivity contribution >= 4 is 6.09 Å². The Labute approximate surface area is 159 Å². The first-order chi connectivity index (χ1) is 13.1. The molecule has 1 amide bonds. The lowest BCUT2D eigenvalue weighted by molar-refractivity contribution is 0.132. The number of ether oxygens (including phenoxy) is 1. The van der Waals surface area contributed by atoms with Gasteiger partial charge in [0.2, 0.25) is 0 Å². The molecule has 0 bridgehead atoms. The number of nitrogens with zero attached hydrogens (tertiary/aromatic N) is 3. The normalized spacial score (nSPS) is 12.0. The molecular weight excluding hydrogens is 340 g/mol. The van der Waals surface area contributed by atoms with E-state index in [1.54, 1.807) is 18.7 Å². The maximum absolute atomic E-state index is 12.3. The van der Waals surface area contributed by atoms with Crippen LogP contribution in [0.3, 0.4) is 0 Å². The molecule has 0 unspecified atom stereocenters. The molecule has 2 aromatic heterocycles. The van der Waals surface area contributed by atoms with E-state index < -0.39 is 6.09 Å². The number of imidazole rings is 1. The Morgan fingerprint density at radius 2 is 1.93 bits per heavy atom. The number of pyridine rings is 1. The zero-order valence-electron chi connectivity index (χ0n) is 15.6. The second-order valence-corrected chi connectivity index (χ2v) is 6.70. The Hall–Kier alpha value is -3.15. The highest BCUT2D eigenvalue weighted by molar-refractivity contribution is 5.67. The van der Waals surface area contributed by atoms with Crippen LogP contribution in [0, 0.1) is 5.92 Å². The summed E-state index contributed by atoms with van der Waals surface area (Å²) in [5, 5.41) is 2.97. The van der Waals surface area contributed by atoms with Gasteiger partial charge < -0.3 is 14.6 Å². The van der Waals surface area contributed by atoms with Gasteiger partial charge in [0.05, 0.1) is 36.5 Å². The minimum absolute atomic E-state index is 0.174. The summed E-state index contributed by atoms with van der Waals surface area (Å²) in [5.74, 6) is 0.174. The Morgan fingerprint density at radius 3 is 2.63 bits per heavy atom. The number of carbonyl (C=O) groups excluding carboxylic acids is 1. The molecule has 2 heterocycles. The predicted molar refractivity (Wildman–Crippen MR) is 103 cm³/mol. The highest BCUT2D eigenvalue weighted by atomic mass is 16.5. The highest BCUT2D eigenvalue weighted by Gasteiger charge is 2.22. The number of nitrogens with one attached hydrogen (secondary N) is 1. The zero-order valence-corrected chi connectivity index (χ0v) is 15.6. The second kappa shape index (κ2) is 8.98. The molecule has 0 saturated heterocycles. The van der Waals surface area contributed by atoms with Gasteiger partial charge in [0.25, 0.3) is 0 Å². The van der Waals surface area contributed by atoms with Crippen LogP contribution in [0.25, 0.3) is 0 Å². The SMILES string of the molecule is CC(C)[C@H](NC(=O)OCc1ccccc1)c1cncn1Cc1ccccn1. The van der Waals surface area contributed by atoms with Crippen molar-refractivity contribution in [1.82, 2.24) is 19.9 Å². The molecule has 0 aliphatic rings. The highest BCUT2D eigenvalue weighted by Crippen LogP contribution is 2.22. The Balaban J connectivity index is 1.67. The fourth-order valence-electron chi connectivity index (χ4n) is 2.86. The first-order valence-corrected chi connectivity index (χ1v) is 9.00. The molecule has 1 aromatic carbocycles. The lowest BCUT2D eigenvalue weighted by Crippen LogP contribution is -2.33. The van der Waals surface area contributed by atoms with Gasteiger partial charge >= 0.3 is 6.09 Å². The second-order valence-electron chi connectivity index (χ2n) is 6.70. The van der Waals surface area contributed by atoms with Crippen molar-refractivity contribution in [3.63, 3.8) is 0 Å². The van der Waals surface area contributed by atoms with E-state index in [-0.39, 0.29) is 18.6 Å². The first-order valence-electron chi connectivity index (χ1n) is 9.00. The molecule has 1 atom stereocenters. The minimum Gasteiger partial charge on any atom is -0.445 e. The number of aromatic nitrogens is 3. The molecule has 0 aliphatic heterocycles. The molecular formula is C21H24N4O2. The lowest BCUT2D eigenvalue weighted by Gasteiger charge is -2.23. The summed E-state index contributed by atoms with van der Waals surface area (Å²) in [6.07, 6.45) is 4.87. The smallest absolute Gasteiger partial charge is 0.408 e. The summed E-state index contributed by atoms with van der Waals surface area (Å²) in [5.41, 5.74) is 2.81. The van der Waals surface area contributed by atoms with Gasteiger partial charge in [-0.2, -0.15) is 0 Å². The third-order valence-corrected chi connectivity index (χ3v) is 4.27. The zero-order chi connectivity index (χ0) is 19.1. The summed E-state index contributed by atoms with van der Waals surface area (Å²) in [4.78, 5) is 20.9. The Bertz CT molecular complexity index is 847. The molecule has 140 valence electrons. The summed E-state index contributed by atoms with van der Waals surface area (Å²) < 4.78 is 7.38. The molecule has 6 nitrogen and oxygen atoms in total. The number of amides is 1. The average molecular weight is 364 g/mol. The van der Waals surface area contributed by atoms with Crippen LogP contribution in [-0.4, -0.2) is 20.6 Å². The fraction of sp³-hybridized carbons (Fsp3) is 0.286. The van der Waals surface area contributed by atoms with Gasteiger partial charge in [-0.3, -0.25) is 4.98 Å². The average Bonchev–Trinajstić information content (AvgIpc) is 3.13. The van der Waals surface area contributed by atoms with Crippen LogP contribution in [0.4, 0.5) is 4.79 Å². The van der Waals surface area contributed by atoms with Gasteiger partial charge in [-0.1, -0.05) is 50.2 Å². The van der Waals surface area contributed by atoms with E-state index in [1.165, 1.54) is 0 Å². The number of alkyl carbamates (subject to hydrolysis) is 1. The van der Waals surface area contributed by atoms with Gasteiger partial charge in [-0.15, -0.1) is 0 Å². The van der Waals surface area contributed by atoms with Crippen LogP contribution in [0.2, 0.25) is 0 Å². The van der Waals surface area contributed by atoms with Crippen LogP contribution < -0.4 is 5.32 Å². The van der Waals surface area contributed by atoms with E-state index in [2.05, 4.69) is 29.1 Å². The van der Waals surface area contributed by atoms with Crippen LogP contribution in [0.1, 0.15) is 36.8 Å². The predicted octanol–water partition coefficient (Wildman–Crippen LogP) is 3.95. The van der Waals surface area contributed by atoms with Crippen molar-refractivity contribution in [2.45, 2.75) is 33.0 Å². The monoisotopic (exact) mass is 364 g/mol. The third-order valence-electron chi connectivity index (χ3n) is 4.27. The molecule has 27 heavy (non-hydrogen) atoms. The number of hydrogen-bond acceptors (Lipinski definition) is 4. The van der Waals surface area contributed by atoms with Gasteiger partial charge in [-0.25, -0.2) is 9.78 Å². The van der Waals surface area contributed by atoms with E-state index in [4.69, 9.17) is 4.74 Å². The number of hydrogen-bond donors (Lipinski definition) is 1. The van der Waals surface area contributed by atoms with Crippen molar-refractivity contribution in [1.29, 1.82) is 0 Å². The largest absolute Gasteiger partial charge is 0.445 e. The van der Waals surface area contributed by atoms with Crippen molar-refractivity contribution in [3.8, 4) is 0 Å².